The lowest BCUT2D eigenvalue weighted by atomic mass is 9.95. The maximum absolute atomic E-state index is 12.0. The summed E-state index contributed by atoms with van der Waals surface area (Å²) in [6.45, 7) is -0.317. The molecule has 0 radical (unpaired) electrons. The van der Waals surface area contributed by atoms with E-state index in [1.807, 2.05) is 24.3 Å². The fourth-order valence-corrected chi connectivity index (χ4v) is 2.08. The molecule has 0 saturated heterocycles. The first kappa shape index (κ1) is 13.0. The second-order valence-electron chi connectivity index (χ2n) is 4.28. The summed E-state index contributed by atoms with van der Waals surface area (Å²) >= 11 is 3.35. The smallest absolute Gasteiger partial charge is 0.254 e. The Balaban J connectivity index is 2.00. The summed E-state index contributed by atoms with van der Waals surface area (Å²) in [5, 5.41) is 0. The Hall–Kier alpha value is -1.40. The van der Waals surface area contributed by atoms with Crippen LogP contribution in [-0.2, 0) is 19.8 Å². The second kappa shape index (κ2) is 5.07. The number of carbonyl (C=O) groups is 2. The Morgan fingerprint density at radius 2 is 1.94 bits per heavy atom. The monoisotopic (exact) mass is 312 g/mol. The van der Waals surface area contributed by atoms with Gasteiger partial charge in [0.15, 0.2) is 6.61 Å². The van der Waals surface area contributed by atoms with Gasteiger partial charge in [0.25, 0.3) is 5.91 Å². The number of hydroxylamine groups is 1. The molecule has 18 heavy (non-hydrogen) atoms. The topological polar surface area (TPSA) is 81.4 Å². The third-order valence-electron chi connectivity index (χ3n) is 2.96. The van der Waals surface area contributed by atoms with Gasteiger partial charge in [0.05, 0.1) is 5.41 Å². The highest BCUT2D eigenvalue weighted by atomic mass is 79.9. The van der Waals surface area contributed by atoms with E-state index in [0.717, 1.165) is 22.9 Å². The van der Waals surface area contributed by atoms with Gasteiger partial charge in [-0.25, -0.2) is 5.48 Å². The lowest BCUT2D eigenvalue weighted by Crippen LogP contribution is -2.36. The van der Waals surface area contributed by atoms with E-state index in [-0.39, 0.29) is 12.5 Å². The fraction of sp³-hybridized carbons (Fsp3) is 0.333. The normalized spacial score (nSPS) is 16.1. The predicted octanol–water partition coefficient (Wildman–Crippen LogP) is 1.01. The van der Waals surface area contributed by atoms with Crippen molar-refractivity contribution in [3.8, 4) is 0 Å². The lowest BCUT2D eigenvalue weighted by Gasteiger charge is -2.15. The van der Waals surface area contributed by atoms with Crippen LogP contribution in [0.5, 0.6) is 0 Å². The molecular formula is C12H13BrN2O3. The molecule has 0 heterocycles. The summed E-state index contributed by atoms with van der Waals surface area (Å²) in [6.07, 6.45) is 1.56. The van der Waals surface area contributed by atoms with Crippen LogP contribution in [0.3, 0.4) is 0 Å². The molecule has 0 spiro atoms. The molecule has 6 heteroatoms. The first-order valence-corrected chi connectivity index (χ1v) is 6.30. The number of amides is 2. The number of hydrogen-bond acceptors (Lipinski definition) is 3. The number of nitrogens with one attached hydrogen (secondary N) is 1. The van der Waals surface area contributed by atoms with Gasteiger partial charge < -0.3 is 5.73 Å². The molecule has 1 fully saturated rings. The molecule has 0 atom stereocenters. The zero-order valence-electron chi connectivity index (χ0n) is 9.61. The van der Waals surface area contributed by atoms with Crippen molar-refractivity contribution in [2.45, 2.75) is 18.3 Å². The van der Waals surface area contributed by atoms with E-state index in [0.29, 0.717) is 0 Å². The maximum atomic E-state index is 12.0. The van der Waals surface area contributed by atoms with E-state index in [2.05, 4.69) is 21.4 Å². The molecule has 0 aromatic heterocycles. The summed E-state index contributed by atoms with van der Waals surface area (Å²) in [5.74, 6) is -0.852. The van der Waals surface area contributed by atoms with Crippen molar-refractivity contribution in [1.29, 1.82) is 0 Å². The quantitative estimate of drug-likeness (QED) is 0.796. The van der Waals surface area contributed by atoms with Crippen LogP contribution in [0.1, 0.15) is 18.4 Å². The molecule has 1 aromatic carbocycles. The van der Waals surface area contributed by atoms with Crippen molar-refractivity contribution in [2.75, 3.05) is 6.61 Å². The number of halogens is 1. The first-order valence-electron chi connectivity index (χ1n) is 5.51. The van der Waals surface area contributed by atoms with E-state index in [9.17, 15) is 9.59 Å². The van der Waals surface area contributed by atoms with Gasteiger partial charge in [-0.15, -0.1) is 0 Å². The van der Waals surface area contributed by atoms with Crippen molar-refractivity contribution in [3.05, 3.63) is 34.3 Å². The minimum Gasteiger partial charge on any atom is -0.368 e. The van der Waals surface area contributed by atoms with Crippen molar-refractivity contribution in [3.63, 3.8) is 0 Å². The van der Waals surface area contributed by atoms with Crippen LogP contribution in [0.25, 0.3) is 0 Å². The largest absolute Gasteiger partial charge is 0.368 e. The zero-order chi connectivity index (χ0) is 13.2. The molecule has 1 saturated carbocycles. The van der Waals surface area contributed by atoms with E-state index in [1.54, 1.807) is 0 Å². The summed E-state index contributed by atoms with van der Waals surface area (Å²) in [5.41, 5.74) is 7.62. The highest BCUT2D eigenvalue weighted by Crippen LogP contribution is 2.48. The third kappa shape index (κ3) is 2.70. The van der Waals surface area contributed by atoms with Crippen LogP contribution in [0.15, 0.2) is 28.7 Å². The van der Waals surface area contributed by atoms with Gasteiger partial charge in [-0.2, -0.15) is 0 Å². The Labute approximate surface area is 113 Å². The fourth-order valence-electron chi connectivity index (χ4n) is 1.81. The maximum Gasteiger partial charge on any atom is 0.254 e. The Bertz CT molecular complexity index is 469. The number of benzene rings is 1. The first-order chi connectivity index (χ1) is 8.54. The van der Waals surface area contributed by atoms with Gasteiger partial charge in [0.1, 0.15) is 0 Å². The molecule has 1 aliphatic carbocycles. The van der Waals surface area contributed by atoms with Gasteiger partial charge >= 0.3 is 0 Å². The number of primary amides is 1. The van der Waals surface area contributed by atoms with Crippen LogP contribution < -0.4 is 11.2 Å². The predicted molar refractivity (Wildman–Crippen MR) is 68.3 cm³/mol. The Morgan fingerprint density at radius 1 is 1.33 bits per heavy atom. The van der Waals surface area contributed by atoms with Crippen LogP contribution in [0.4, 0.5) is 0 Å². The van der Waals surface area contributed by atoms with Gasteiger partial charge in [-0.3, -0.25) is 14.4 Å². The molecular weight excluding hydrogens is 300 g/mol. The Morgan fingerprint density at radius 3 is 2.44 bits per heavy atom. The molecule has 3 N–H and O–H groups in total. The minimum absolute atomic E-state index is 0.230. The molecule has 0 aliphatic heterocycles. The molecule has 1 aromatic rings. The molecule has 0 unspecified atom stereocenters. The molecule has 96 valence electrons. The van der Waals surface area contributed by atoms with Gasteiger partial charge in [-0.1, -0.05) is 28.1 Å². The summed E-state index contributed by atoms with van der Waals surface area (Å²) in [4.78, 5) is 27.2. The minimum atomic E-state index is -0.621. The van der Waals surface area contributed by atoms with E-state index in [4.69, 9.17) is 10.6 Å². The second-order valence-corrected chi connectivity index (χ2v) is 5.19. The van der Waals surface area contributed by atoms with Gasteiger partial charge in [0, 0.05) is 4.47 Å². The molecule has 0 bridgehead atoms. The average molecular weight is 313 g/mol. The Kier molecular flexibility index (Phi) is 3.68. The summed E-state index contributed by atoms with van der Waals surface area (Å²) in [7, 11) is 0. The van der Waals surface area contributed by atoms with E-state index in [1.165, 1.54) is 0 Å². The van der Waals surface area contributed by atoms with Crippen molar-refractivity contribution in [2.24, 2.45) is 5.73 Å². The molecule has 2 rings (SSSR count). The highest BCUT2D eigenvalue weighted by molar-refractivity contribution is 9.10. The van der Waals surface area contributed by atoms with Crippen LogP contribution in [-0.4, -0.2) is 18.4 Å². The summed E-state index contributed by atoms with van der Waals surface area (Å²) in [6, 6.07) is 7.61. The number of rotatable bonds is 5. The van der Waals surface area contributed by atoms with E-state index >= 15 is 0 Å². The van der Waals surface area contributed by atoms with Crippen molar-refractivity contribution < 1.29 is 14.4 Å². The highest BCUT2D eigenvalue weighted by Gasteiger charge is 2.51. The number of carbonyl (C=O) groups excluding carboxylic acids is 2. The third-order valence-corrected chi connectivity index (χ3v) is 3.49. The number of hydrogen-bond donors (Lipinski definition) is 2. The van der Waals surface area contributed by atoms with Crippen LogP contribution >= 0.6 is 15.9 Å². The van der Waals surface area contributed by atoms with Crippen molar-refractivity contribution in [1.82, 2.24) is 5.48 Å². The zero-order valence-corrected chi connectivity index (χ0v) is 11.2. The van der Waals surface area contributed by atoms with E-state index < -0.39 is 11.3 Å². The summed E-state index contributed by atoms with van der Waals surface area (Å²) < 4.78 is 0.965. The molecule has 1 aliphatic rings. The van der Waals surface area contributed by atoms with Gasteiger partial charge in [0.2, 0.25) is 5.91 Å². The SMILES string of the molecule is NC(=O)CONC(=O)C1(c2ccc(Br)cc2)CC1. The lowest BCUT2D eigenvalue weighted by molar-refractivity contribution is -0.140. The van der Waals surface area contributed by atoms with Crippen molar-refractivity contribution >= 4 is 27.7 Å². The molecule has 2 amide bonds. The average Bonchev–Trinajstić information content (AvgIpc) is 3.10. The standard InChI is InChI=1S/C12H13BrN2O3/c13-9-3-1-8(2-4-9)12(5-6-12)11(17)15-18-7-10(14)16/h1-4H,5-7H2,(H2,14,16)(H,15,17). The number of nitrogens with two attached hydrogens (primary N) is 1. The van der Waals surface area contributed by atoms with Crippen LogP contribution in [0.2, 0.25) is 0 Å². The van der Waals surface area contributed by atoms with Gasteiger partial charge in [-0.05, 0) is 30.5 Å². The van der Waals surface area contributed by atoms with Crippen LogP contribution in [0, 0.1) is 0 Å². The molecule has 5 nitrogen and oxygen atoms in total.